The molecule has 0 radical (unpaired) electrons. The van der Waals surface area contributed by atoms with Gasteiger partial charge in [0.2, 0.25) is 0 Å². The largest absolute Gasteiger partial charge is 0.481 e. The fraction of sp³-hybridized carbons (Fsp3) is 0.0625. The minimum atomic E-state index is -0.844. The highest BCUT2D eigenvalue weighted by Gasteiger charge is 2.11. The molecule has 22 heavy (non-hydrogen) atoms. The zero-order valence-corrected chi connectivity index (χ0v) is 13.1. The molecule has 6 heteroatoms. The summed E-state index contributed by atoms with van der Waals surface area (Å²) in [6.07, 6.45) is 5.38. The molecule has 4 nitrogen and oxygen atoms in total. The van der Waals surface area contributed by atoms with Crippen molar-refractivity contribution in [2.24, 2.45) is 0 Å². The average molecular weight is 328 g/mol. The van der Waals surface area contributed by atoms with Crippen LogP contribution in [-0.4, -0.2) is 26.8 Å². The maximum absolute atomic E-state index is 10.9. The van der Waals surface area contributed by atoms with Crippen molar-refractivity contribution >= 4 is 50.3 Å². The van der Waals surface area contributed by atoms with E-state index in [9.17, 15) is 4.79 Å². The molecule has 1 N–H and O–H groups in total. The van der Waals surface area contributed by atoms with Crippen LogP contribution in [0.25, 0.3) is 21.2 Å². The van der Waals surface area contributed by atoms with Crippen molar-refractivity contribution in [3.8, 4) is 0 Å². The van der Waals surface area contributed by atoms with Crippen LogP contribution in [0.4, 0.5) is 0 Å². The van der Waals surface area contributed by atoms with Crippen molar-refractivity contribution < 1.29 is 9.90 Å². The van der Waals surface area contributed by atoms with Gasteiger partial charge in [0, 0.05) is 17.3 Å². The Bertz CT molecular complexity index is 795. The number of hydrogen-bond acceptors (Lipinski definition) is 5. The van der Waals surface area contributed by atoms with E-state index in [4.69, 9.17) is 5.11 Å². The van der Waals surface area contributed by atoms with E-state index in [1.54, 1.807) is 23.7 Å². The van der Waals surface area contributed by atoms with Crippen LogP contribution in [0.1, 0.15) is 10.6 Å². The monoisotopic (exact) mass is 328 g/mol. The first-order chi connectivity index (χ1) is 10.7. The molecule has 0 aliphatic heterocycles. The number of rotatable bonds is 5. The van der Waals surface area contributed by atoms with Gasteiger partial charge in [-0.2, -0.15) is 0 Å². The summed E-state index contributed by atoms with van der Waals surface area (Å²) in [7, 11) is 0. The molecule has 0 amide bonds. The second-order valence-corrected chi connectivity index (χ2v) is 6.51. The minimum Gasteiger partial charge on any atom is -0.481 e. The van der Waals surface area contributed by atoms with E-state index >= 15 is 0 Å². The first-order valence-corrected chi connectivity index (χ1v) is 8.35. The van der Waals surface area contributed by atoms with Crippen molar-refractivity contribution in [3.63, 3.8) is 0 Å². The summed E-state index contributed by atoms with van der Waals surface area (Å²) in [5.74, 6) is -0.842. The number of thiazole rings is 1. The van der Waals surface area contributed by atoms with E-state index in [0.717, 1.165) is 25.7 Å². The fourth-order valence-electron chi connectivity index (χ4n) is 1.89. The lowest BCUT2D eigenvalue weighted by Gasteiger charge is -2.02. The summed E-state index contributed by atoms with van der Waals surface area (Å²) < 4.78 is 1.09. The highest BCUT2D eigenvalue weighted by atomic mass is 32.2. The Morgan fingerprint density at radius 1 is 1.27 bits per heavy atom. The van der Waals surface area contributed by atoms with Crippen LogP contribution in [0.15, 0.2) is 48.8 Å². The van der Waals surface area contributed by atoms with Gasteiger partial charge >= 0.3 is 5.97 Å². The summed E-state index contributed by atoms with van der Waals surface area (Å²) in [4.78, 5) is 20.4. The number of benzene rings is 1. The smallest absolute Gasteiger partial charge is 0.313 e. The standard InChI is InChI=1S/C16H12N2O2S2/c19-15(20)10-21-14(8-11-4-3-7-17-9-11)16-18-12-5-1-2-6-13(12)22-16/h1-9H,10H2,(H,19,20)/b14-8-. The van der Waals surface area contributed by atoms with Gasteiger partial charge in [0.25, 0.3) is 0 Å². The van der Waals surface area contributed by atoms with Gasteiger partial charge in [0.1, 0.15) is 5.01 Å². The van der Waals surface area contributed by atoms with Gasteiger partial charge in [-0.3, -0.25) is 9.78 Å². The fourth-order valence-corrected chi connectivity index (χ4v) is 3.74. The van der Waals surface area contributed by atoms with Gasteiger partial charge in [0.05, 0.1) is 16.0 Å². The molecular weight excluding hydrogens is 316 g/mol. The SMILES string of the molecule is O=C(O)CS/C(=C\c1cccnc1)c1nc2ccccc2s1. The van der Waals surface area contributed by atoms with Crippen molar-refractivity contribution in [2.45, 2.75) is 0 Å². The summed E-state index contributed by atoms with van der Waals surface area (Å²) >= 11 is 2.84. The zero-order chi connectivity index (χ0) is 15.4. The molecule has 2 aromatic heterocycles. The molecule has 0 aliphatic carbocycles. The van der Waals surface area contributed by atoms with E-state index in [-0.39, 0.29) is 5.75 Å². The van der Waals surface area contributed by atoms with Gasteiger partial charge in [-0.05, 0) is 29.8 Å². The van der Waals surface area contributed by atoms with E-state index < -0.39 is 5.97 Å². The molecule has 0 unspecified atom stereocenters. The summed E-state index contributed by atoms with van der Waals surface area (Å²) in [5, 5.41) is 9.77. The van der Waals surface area contributed by atoms with Gasteiger partial charge < -0.3 is 5.11 Å². The third-order valence-corrected chi connectivity index (χ3v) is 5.05. The van der Waals surface area contributed by atoms with Gasteiger partial charge in [0.15, 0.2) is 0 Å². The molecule has 3 aromatic rings. The lowest BCUT2D eigenvalue weighted by atomic mass is 10.2. The topological polar surface area (TPSA) is 63.1 Å². The van der Waals surface area contributed by atoms with E-state index in [1.165, 1.54) is 11.8 Å². The number of carboxylic acids is 1. The molecule has 3 rings (SSSR count). The van der Waals surface area contributed by atoms with E-state index in [0.29, 0.717) is 0 Å². The Hall–Kier alpha value is -2.18. The Kier molecular flexibility index (Phi) is 4.50. The zero-order valence-electron chi connectivity index (χ0n) is 11.5. The molecule has 110 valence electrons. The van der Waals surface area contributed by atoms with Crippen molar-refractivity contribution in [1.29, 1.82) is 0 Å². The van der Waals surface area contributed by atoms with E-state index in [2.05, 4.69) is 9.97 Å². The Balaban J connectivity index is 2.00. The molecular formula is C16H12N2O2S2. The second kappa shape index (κ2) is 6.72. The van der Waals surface area contributed by atoms with Gasteiger partial charge in [-0.1, -0.05) is 18.2 Å². The number of aliphatic carboxylic acids is 1. The number of carbonyl (C=O) groups is 1. The number of fused-ring (bicyclic) bond motifs is 1. The predicted octanol–water partition coefficient (Wildman–Crippen LogP) is 4.01. The Morgan fingerprint density at radius 3 is 2.86 bits per heavy atom. The summed E-state index contributed by atoms with van der Waals surface area (Å²) in [5.41, 5.74) is 1.85. The number of carboxylic acid groups (broad SMARTS) is 1. The number of hydrogen-bond donors (Lipinski definition) is 1. The van der Waals surface area contributed by atoms with Crippen LogP contribution >= 0.6 is 23.1 Å². The maximum atomic E-state index is 10.9. The lowest BCUT2D eigenvalue weighted by Crippen LogP contribution is -1.98. The quantitative estimate of drug-likeness (QED) is 0.767. The van der Waals surface area contributed by atoms with Crippen molar-refractivity contribution in [3.05, 3.63) is 59.4 Å². The van der Waals surface area contributed by atoms with Crippen molar-refractivity contribution in [2.75, 3.05) is 5.75 Å². The van der Waals surface area contributed by atoms with E-state index in [1.807, 2.05) is 42.5 Å². The van der Waals surface area contributed by atoms with Crippen LogP contribution in [-0.2, 0) is 4.79 Å². The second-order valence-electron chi connectivity index (χ2n) is 4.46. The maximum Gasteiger partial charge on any atom is 0.313 e. The number of aromatic nitrogens is 2. The molecule has 0 spiro atoms. The van der Waals surface area contributed by atoms with Crippen LogP contribution in [0.2, 0.25) is 0 Å². The lowest BCUT2D eigenvalue weighted by molar-refractivity contribution is -0.133. The van der Waals surface area contributed by atoms with Crippen LogP contribution in [0.3, 0.4) is 0 Å². The first kappa shape index (κ1) is 14.7. The van der Waals surface area contributed by atoms with Gasteiger partial charge in [-0.15, -0.1) is 23.1 Å². The molecule has 0 saturated carbocycles. The molecule has 0 aliphatic rings. The number of thioether (sulfide) groups is 1. The summed E-state index contributed by atoms with van der Waals surface area (Å²) in [6, 6.07) is 11.7. The molecule has 1 aromatic carbocycles. The first-order valence-electron chi connectivity index (χ1n) is 6.54. The number of pyridine rings is 1. The van der Waals surface area contributed by atoms with Gasteiger partial charge in [-0.25, -0.2) is 4.98 Å². The minimum absolute atomic E-state index is 0.00200. The molecule has 0 saturated heterocycles. The normalized spacial score (nSPS) is 11.7. The molecule has 0 atom stereocenters. The van der Waals surface area contributed by atoms with Crippen LogP contribution < -0.4 is 0 Å². The predicted molar refractivity (Wildman–Crippen MR) is 91.8 cm³/mol. The van der Waals surface area contributed by atoms with Crippen LogP contribution in [0.5, 0.6) is 0 Å². The molecule has 0 bridgehead atoms. The molecule has 0 fully saturated rings. The Labute approximate surface area is 135 Å². The molecule has 2 heterocycles. The highest BCUT2D eigenvalue weighted by Crippen LogP contribution is 2.35. The Morgan fingerprint density at radius 2 is 2.14 bits per heavy atom. The number of para-hydroxylation sites is 1. The number of nitrogens with zero attached hydrogens (tertiary/aromatic N) is 2. The third kappa shape index (κ3) is 3.52. The third-order valence-electron chi connectivity index (χ3n) is 2.84. The van der Waals surface area contributed by atoms with Crippen molar-refractivity contribution in [1.82, 2.24) is 9.97 Å². The highest BCUT2D eigenvalue weighted by molar-refractivity contribution is 8.09. The average Bonchev–Trinajstić information content (AvgIpc) is 2.96. The summed E-state index contributed by atoms with van der Waals surface area (Å²) in [6.45, 7) is 0. The van der Waals surface area contributed by atoms with Crippen LogP contribution in [0, 0.1) is 0 Å².